The zero-order valence-electron chi connectivity index (χ0n) is 7.81. The lowest BCUT2D eigenvalue weighted by atomic mass is 9.92. The van der Waals surface area contributed by atoms with Gasteiger partial charge in [-0.05, 0) is 31.0 Å². The minimum atomic E-state index is -0.0587. The van der Waals surface area contributed by atoms with E-state index in [2.05, 4.69) is 12.2 Å². The van der Waals surface area contributed by atoms with E-state index >= 15 is 0 Å². The van der Waals surface area contributed by atoms with Crippen molar-refractivity contribution in [3.8, 4) is 0 Å². The molecule has 1 nitrogen and oxygen atoms in total. The third-order valence-electron chi connectivity index (χ3n) is 2.70. The molecule has 1 aromatic rings. The molecule has 70 valence electrons. The standard InChI is InChI=1S/C11H14FN/c1-2-8-4-3-5-9(12)11(8)10-6-7-13-10/h3-5,10,13H,2,6-7H2,1H3/t10-/m1/s1. The minimum Gasteiger partial charge on any atom is -0.310 e. The first-order valence-electron chi connectivity index (χ1n) is 4.83. The van der Waals surface area contributed by atoms with Crippen LogP contribution in [0.1, 0.15) is 30.5 Å². The molecule has 0 saturated carbocycles. The van der Waals surface area contributed by atoms with E-state index in [4.69, 9.17) is 0 Å². The van der Waals surface area contributed by atoms with Gasteiger partial charge >= 0.3 is 0 Å². The van der Waals surface area contributed by atoms with Gasteiger partial charge in [-0.3, -0.25) is 0 Å². The van der Waals surface area contributed by atoms with Gasteiger partial charge in [-0.15, -0.1) is 0 Å². The average Bonchev–Trinajstić information content (AvgIpc) is 2.05. The number of aryl methyl sites for hydroxylation is 1. The first-order chi connectivity index (χ1) is 6.33. The lowest BCUT2D eigenvalue weighted by molar-refractivity contribution is 0.368. The molecule has 0 amide bonds. The summed E-state index contributed by atoms with van der Waals surface area (Å²) in [4.78, 5) is 0. The van der Waals surface area contributed by atoms with E-state index in [1.54, 1.807) is 12.1 Å². The van der Waals surface area contributed by atoms with Crippen LogP contribution in [0.25, 0.3) is 0 Å². The van der Waals surface area contributed by atoms with Crippen molar-refractivity contribution < 1.29 is 4.39 Å². The van der Waals surface area contributed by atoms with Crippen LogP contribution in [0.3, 0.4) is 0 Å². The van der Waals surface area contributed by atoms with Gasteiger partial charge in [0.25, 0.3) is 0 Å². The highest BCUT2D eigenvalue weighted by molar-refractivity contribution is 5.32. The van der Waals surface area contributed by atoms with Crippen molar-refractivity contribution in [1.82, 2.24) is 5.32 Å². The topological polar surface area (TPSA) is 12.0 Å². The molecule has 0 radical (unpaired) electrons. The maximum absolute atomic E-state index is 13.5. The Morgan fingerprint density at radius 1 is 1.54 bits per heavy atom. The van der Waals surface area contributed by atoms with Crippen molar-refractivity contribution in [3.05, 3.63) is 35.1 Å². The lowest BCUT2D eigenvalue weighted by Gasteiger charge is -2.30. The SMILES string of the molecule is CCc1cccc(F)c1[C@H]1CCN1. The monoisotopic (exact) mass is 179 g/mol. The van der Waals surface area contributed by atoms with Crippen LogP contribution in [0.4, 0.5) is 4.39 Å². The number of hydrogen-bond acceptors (Lipinski definition) is 1. The van der Waals surface area contributed by atoms with E-state index in [0.717, 1.165) is 30.5 Å². The minimum absolute atomic E-state index is 0.0587. The quantitative estimate of drug-likeness (QED) is 0.735. The first kappa shape index (κ1) is 8.70. The molecule has 0 bridgehead atoms. The average molecular weight is 179 g/mol. The maximum Gasteiger partial charge on any atom is 0.128 e. The number of nitrogens with one attached hydrogen (secondary N) is 1. The molecular formula is C11H14FN. The Morgan fingerprint density at radius 2 is 2.31 bits per heavy atom. The summed E-state index contributed by atoms with van der Waals surface area (Å²) in [7, 11) is 0. The molecule has 1 aromatic carbocycles. The Balaban J connectivity index is 2.39. The highest BCUT2D eigenvalue weighted by Gasteiger charge is 2.23. The molecule has 1 atom stereocenters. The van der Waals surface area contributed by atoms with Gasteiger partial charge in [-0.25, -0.2) is 4.39 Å². The highest BCUT2D eigenvalue weighted by atomic mass is 19.1. The van der Waals surface area contributed by atoms with Crippen molar-refractivity contribution in [2.75, 3.05) is 6.54 Å². The molecule has 0 aliphatic carbocycles. The van der Waals surface area contributed by atoms with Crippen LogP contribution >= 0.6 is 0 Å². The number of rotatable bonds is 2. The van der Waals surface area contributed by atoms with E-state index in [9.17, 15) is 4.39 Å². The van der Waals surface area contributed by atoms with Gasteiger partial charge in [-0.1, -0.05) is 19.1 Å². The van der Waals surface area contributed by atoms with Crippen LogP contribution in [0, 0.1) is 5.82 Å². The van der Waals surface area contributed by atoms with Crippen LogP contribution in [-0.4, -0.2) is 6.54 Å². The fourth-order valence-corrected chi connectivity index (χ4v) is 1.82. The van der Waals surface area contributed by atoms with Gasteiger partial charge in [0, 0.05) is 11.6 Å². The summed E-state index contributed by atoms with van der Waals surface area (Å²) in [6.45, 7) is 3.08. The Hall–Kier alpha value is -0.890. The van der Waals surface area contributed by atoms with Crippen molar-refractivity contribution in [2.24, 2.45) is 0 Å². The Kier molecular flexibility index (Phi) is 2.32. The van der Waals surface area contributed by atoms with E-state index in [1.165, 1.54) is 0 Å². The fourth-order valence-electron chi connectivity index (χ4n) is 1.82. The van der Waals surface area contributed by atoms with Crippen LogP contribution in [0.15, 0.2) is 18.2 Å². The smallest absolute Gasteiger partial charge is 0.128 e. The second-order valence-corrected chi connectivity index (χ2v) is 3.46. The normalized spacial score (nSPS) is 21.2. The second-order valence-electron chi connectivity index (χ2n) is 3.46. The second kappa shape index (κ2) is 3.46. The van der Waals surface area contributed by atoms with Gasteiger partial charge in [0.05, 0.1) is 0 Å². The van der Waals surface area contributed by atoms with Crippen molar-refractivity contribution in [1.29, 1.82) is 0 Å². The predicted octanol–water partition coefficient (Wildman–Crippen LogP) is 2.42. The zero-order chi connectivity index (χ0) is 9.26. The summed E-state index contributed by atoms with van der Waals surface area (Å²) in [5.41, 5.74) is 2.02. The van der Waals surface area contributed by atoms with Gasteiger partial charge in [0.2, 0.25) is 0 Å². The molecule has 1 aliphatic rings. The molecule has 1 fully saturated rings. The summed E-state index contributed by atoms with van der Waals surface area (Å²) in [5.74, 6) is -0.0587. The molecule has 0 unspecified atom stereocenters. The molecular weight excluding hydrogens is 165 g/mol. The van der Waals surface area contributed by atoms with E-state index < -0.39 is 0 Å². The molecule has 2 heteroatoms. The number of benzene rings is 1. The lowest BCUT2D eigenvalue weighted by Crippen LogP contribution is -2.36. The Bertz CT molecular complexity index is 305. The van der Waals surface area contributed by atoms with Crippen LogP contribution in [0.2, 0.25) is 0 Å². The fraction of sp³-hybridized carbons (Fsp3) is 0.455. The molecule has 1 N–H and O–H groups in total. The van der Waals surface area contributed by atoms with Gasteiger partial charge < -0.3 is 5.32 Å². The third kappa shape index (κ3) is 1.46. The molecule has 0 spiro atoms. The first-order valence-corrected chi connectivity index (χ1v) is 4.83. The zero-order valence-corrected chi connectivity index (χ0v) is 7.81. The Labute approximate surface area is 78.0 Å². The van der Waals surface area contributed by atoms with Crippen LogP contribution in [-0.2, 0) is 6.42 Å². The van der Waals surface area contributed by atoms with Gasteiger partial charge in [-0.2, -0.15) is 0 Å². The summed E-state index contributed by atoms with van der Waals surface area (Å²) in [6.07, 6.45) is 1.97. The summed E-state index contributed by atoms with van der Waals surface area (Å²) in [6, 6.07) is 5.61. The maximum atomic E-state index is 13.5. The summed E-state index contributed by atoms with van der Waals surface area (Å²) < 4.78 is 13.5. The van der Waals surface area contributed by atoms with Crippen molar-refractivity contribution in [2.45, 2.75) is 25.8 Å². The van der Waals surface area contributed by atoms with Crippen molar-refractivity contribution >= 4 is 0 Å². The van der Waals surface area contributed by atoms with Crippen LogP contribution < -0.4 is 5.32 Å². The van der Waals surface area contributed by atoms with Crippen molar-refractivity contribution in [3.63, 3.8) is 0 Å². The number of hydrogen-bond donors (Lipinski definition) is 1. The van der Waals surface area contributed by atoms with E-state index in [1.807, 2.05) is 6.07 Å². The molecule has 13 heavy (non-hydrogen) atoms. The van der Waals surface area contributed by atoms with Gasteiger partial charge in [0.1, 0.15) is 5.82 Å². The van der Waals surface area contributed by atoms with Gasteiger partial charge in [0.15, 0.2) is 0 Å². The molecule has 1 heterocycles. The van der Waals surface area contributed by atoms with E-state index in [-0.39, 0.29) is 11.9 Å². The summed E-state index contributed by atoms with van der Waals surface area (Å²) in [5, 5.41) is 3.24. The molecule has 1 aliphatic heterocycles. The Morgan fingerprint density at radius 3 is 2.85 bits per heavy atom. The number of halogens is 1. The van der Waals surface area contributed by atoms with E-state index in [0.29, 0.717) is 0 Å². The highest BCUT2D eigenvalue weighted by Crippen LogP contribution is 2.28. The summed E-state index contributed by atoms with van der Waals surface area (Å²) >= 11 is 0. The molecule has 0 aromatic heterocycles. The van der Waals surface area contributed by atoms with Crippen LogP contribution in [0.5, 0.6) is 0 Å². The largest absolute Gasteiger partial charge is 0.310 e. The predicted molar refractivity (Wildman–Crippen MR) is 51.1 cm³/mol. The molecule has 2 rings (SSSR count). The molecule has 1 saturated heterocycles. The third-order valence-corrected chi connectivity index (χ3v) is 2.70.